The number of hydrazone groups is 1. The molecule has 8 nitrogen and oxygen atoms in total. The molecular formula is C21H22N4O4. The van der Waals surface area contributed by atoms with Gasteiger partial charge in [-0.2, -0.15) is 10.2 Å². The lowest BCUT2D eigenvalue weighted by atomic mass is 10.1. The number of unbranched alkanes of at least 4 members (excludes halogenated alkanes) is 1. The zero-order valence-corrected chi connectivity index (χ0v) is 16.3. The number of ether oxygens (including phenoxy) is 1. The number of amides is 1. The van der Waals surface area contributed by atoms with E-state index >= 15 is 0 Å². The summed E-state index contributed by atoms with van der Waals surface area (Å²) in [6.45, 7) is 2.46. The molecule has 0 spiro atoms. The Morgan fingerprint density at radius 3 is 2.76 bits per heavy atom. The van der Waals surface area contributed by atoms with Crippen LogP contribution >= 0.6 is 0 Å². The van der Waals surface area contributed by atoms with Crippen molar-refractivity contribution < 1.29 is 14.6 Å². The van der Waals surface area contributed by atoms with Crippen LogP contribution in [0.25, 0.3) is 10.8 Å². The van der Waals surface area contributed by atoms with Crippen molar-refractivity contribution in [2.24, 2.45) is 5.10 Å². The second-order valence-electron chi connectivity index (χ2n) is 6.41. The number of phenolic OH excluding ortho intramolecular Hbond substituents is 1. The number of phenols is 1. The van der Waals surface area contributed by atoms with E-state index in [1.807, 2.05) is 6.92 Å². The summed E-state index contributed by atoms with van der Waals surface area (Å²) in [7, 11) is 1.45. The number of hydrogen-bond acceptors (Lipinski definition) is 6. The van der Waals surface area contributed by atoms with E-state index in [0.717, 1.165) is 12.8 Å². The molecule has 3 rings (SSSR count). The van der Waals surface area contributed by atoms with Crippen molar-refractivity contribution in [3.8, 4) is 11.5 Å². The highest BCUT2D eigenvalue weighted by atomic mass is 16.5. The quantitative estimate of drug-likeness (QED) is 0.473. The van der Waals surface area contributed by atoms with Crippen LogP contribution in [0.4, 0.5) is 0 Å². The fraction of sp³-hybridized carbons (Fsp3) is 0.238. The SMILES string of the molecule is CCCCn1nc(C(=O)N/N=C/c2ccc(O)c(OC)c2)c2ccccc2c1=O. The van der Waals surface area contributed by atoms with Gasteiger partial charge in [0.15, 0.2) is 17.2 Å². The fourth-order valence-corrected chi connectivity index (χ4v) is 2.86. The van der Waals surface area contributed by atoms with Crippen LogP contribution in [0.1, 0.15) is 35.8 Å². The number of benzene rings is 2. The van der Waals surface area contributed by atoms with E-state index in [1.165, 1.54) is 24.1 Å². The number of methoxy groups -OCH3 is 1. The minimum absolute atomic E-state index is 0.0127. The van der Waals surface area contributed by atoms with Gasteiger partial charge in [-0.05, 0) is 36.2 Å². The molecule has 29 heavy (non-hydrogen) atoms. The molecule has 0 saturated heterocycles. The maximum atomic E-state index is 12.7. The highest BCUT2D eigenvalue weighted by Crippen LogP contribution is 2.25. The molecule has 0 bridgehead atoms. The summed E-state index contributed by atoms with van der Waals surface area (Å²) in [6.07, 6.45) is 3.12. The number of hydrogen-bond donors (Lipinski definition) is 2. The van der Waals surface area contributed by atoms with E-state index in [2.05, 4.69) is 15.6 Å². The average Bonchev–Trinajstić information content (AvgIpc) is 2.74. The number of aromatic nitrogens is 2. The summed E-state index contributed by atoms with van der Waals surface area (Å²) in [5.74, 6) is -0.205. The smallest absolute Gasteiger partial charge is 0.292 e. The number of nitrogens with zero attached hydrogens (tertiary/aromatic N) is 3. The Labute approximate surface area is 167 Å². The van der Waals surface area contributed by atoms with E-state index in [9.17, 15) is 14.7 Å². The molecule has 0 aliphatic carbocycles. The Balaban J connectivity index is 1.88. The van der Waals surface area contributed by atoms with Crippen molar-refractivity contribution in [2.75, 3.05) is 7.11 Å². The maximum Gasteiger partial charge on any atom is 0.292 e. The summed E-state index contributed by atoms with van der Waals surface area (Å²) < 4.78 is 6.37. The first-order valence-electron chi connectivity index (χ1n) is 9.25. The highest BCUT2D eigenvalue weighted by molar-refractivity contribution is 6.04. The topological polar surface area (TPSA) is 106 Å². The van der Waals surface area contributed by atoms with Gasteiger partial charge < -0.3 is 9.84 Å². The van der Waals surface area contributed by atoms with Crippen LogP contribution in [0.15, 0.2) is 52.4 Å². The average molecular weight is 394 g/mol. The Bertz CT molecular complexity index is 1120. The van der Waals surface area contributed by atoms with Crippen LogP contribution in [0.2, 0.25) is 0 Å². The summed E-state index contributed by atoms with van der Waals surface area (Å²) in [6, 6.07) is 11.6. The molecular weight excluding hydrogens is 372 g/mol. The first kappa shape index (κ1) is 20.1. The van der Waals surface area contributed by atoms with Gasteiger partial charge >= 0.3 is 0 Å². The molecule has 2 aromatic carbocycles. The molecule has 1 aromatic heterocycles. The fourth-order valence-electron chi connectivity index (χ4n) is 2.86. The van der Waals surface area contributed by atoms with Crippen LogP contribution < -0.4 is 15.7 Å². The lowest BCUT2D eigenvalue weighted by molar-refractivity contribution is 0.0949. The van der Waals surface area contributed by atoms with Crippen molar-refractivity contribution in [1.29, 1.82) is 0 Å². The van der Waals surface area contributed by atoms with Gasteiger partial charge in [0, 0.05) is 11.9 Å². The highest BCUT2D eigenvalue weighted by Gasteiger charge is 2.16. The summed E-state index contributed by atoms with van der Waals surface area (Å²) in [5, 5.41) is 18.8. The summed E-state index contributed by atoms with van der Waals surface area (Å²) in [5.41, 5.74) is 2.99. The zero-order valence-electron chi connectivity index (χ0n) is 16.3. The predicted molar refractivity (Wildman–Crippen MR) is 111 cm³/mol. The van der Waals surface area contributed by atoms with E-state index in [-0.39, 0.29) is 17.0 Å². The molecule has 0 aliphatic rings. The first-order chi connectivity index (χ1) is 14.0. The Morgan fingerprint density at radius 1 is 1.28 bits per heavy atom. The minimum atomic E-state index is -0.520. The normalized spacial score (nSPS) is 11.1. The Morgan fingerprint density at radius 2 is 2.03 bits per heavy atom. The predicted octanol–water partition coefficient (Wildman–Crippen LogP) is 2.67. The lowest BCUT2D eigenvalue weighted by Crippen LogP contribution is -2.29. The third-order valence-corrected chi connectivity index (χ3v) is 4.39. The third kappa shape index (κ3) is 4.43. The second kappa shape index (κ2) is 9.01. The van der Waals surface area contributed by atoms with E-state index in [4.69, 9.17) is 4.74 Å². The first-order valence-corrected chi connectivity index (χ1v) is 9.25. The number of rotatable bonds is 7. The van der Waals surface area contributed by atoms with Crippen LogP contribution in [0.5, 0.6) is 11.5 Å². The van der Waals surface area contributed by atoms with Crippen molar-refractivity contribution >= 4 is 22.9 Å². The number of fused-ring (bicyclic) bond motifs is 1. The molecule has 3 aromatic rings. The van der Waals surface area contributed by atoms with Crippen LogP contribution in [0, 0.1) is 0 Å². The number of carbonyl (C=O) groups is 1. The van der Waals surface area contributed by atoms with Crippen molar-refractivity contribution in [3.05, 3.63) is 64.1 Å². The van der Waals surface area contributed by atoms with Crippen molar-refractivity contribution in [2.45, 2.75) is 26.3 Å². The third-order valence-electron chi connectivity index (χ3n) is 4.39. The molecule has 0 saturated carbocycles. The molecule has 0 atom stereocenters. The van der Waals surface area contributed by atoms with E-state index in [1.54, 1.807) is 36.4 Å². The van der Waals surface area contributed by atoms with Crippen LogP contribution in [-0.4, -0.2) is 34.1 Å². The van der Waals surface area contributed by atoms with Gasteiger partial charge in [-0.1, -0.05) is 31.5 Å². The molecule has 0 unspecified atom stereocenters. The molecule has 1 heterocycles. The molecule has 2 N–H and O–H groups in total. The van der Waals surface area contributed by atoms with Gasteiger partial charge in [0.1, 0.15) is 0 Å². The van der Waals surface area contributed by atoms with Crippen LogP contribution in [0.3, 0.4) is 0 Å². The lowest BCUT2D eigenvalue weighted by Gasteiger charge is -2.09. The molecule has 0 fully saturated rings. The van der Waals surface area contributed by atoms with E-state index < -0.39 is 5.91 Å². The monoisotopic (exact) mass is 394 g/mol. The number of carbonyl (C=O) groups excluding carboxylic acids is 1. The van der Waals surface area contributed by atoms with Gasteiger partial charge in [-0.25, -0.2) is 10.1 Å². The second-order valence-corrected chi connectivity index (χ2v) is 6.41. The van der Waals surface area contributed by atoms with Gasteiger partial charge in [0.05, 0.1) is 18.7 Å². The molecule has 150 valence electrons. The van der Waals surface area contributed by atoms with E-state index in [0.29, 0.717) is 28.6 Å². The van der Waals surface area contributed by atoms with Gasteiger partial charge in [0.25, 0.3) is 11.5 Å². The zero-order chi connectivity index (χ0) is 20.8. The minimum Gasteiger partial charge on any atom is -0.504 e. The standard InChI is InChI=1S/C21H22N4O4/c1-3-4-11-25-21(28)16-8-6-5-7-15(16)19(24-25)20(27)23-22-13-14-9-10-17(26)18(12-14)29-2/h5-10,12-13,26H,3-4,11H2,1-2H3,(H,23,27)/b22-13+. The number of aromatic hydroxyl groups is 1. The van der Waals surface area contributed by atoms with Gasteiger partial charge in [-0.15, -0.1) is 0 Å². The summed E-state index contributed by atoms with van der Waals surface area (Å²) >= 11 is 0. The number of nitrogens with one attached hydrogen (secondary N) is 1. The molecule has 0 radical (unpaired) electrons. The molecule has 8 heteroatoms. The molecule has 1 amide bonds. The molecule has 0 aliphatic heterocycles. The Kier molecular flexibility index (Phi) is 6.23. The maximum absolute atomic E-state index is 12.7. The Hall–Kier alpha value is -3.68. The van der Waals surface area contributed by atoms with Gasteiger partial charge in [0.2, 0.25) is 0 Å². The largest absolute Gasteiger partial charge is 0.504 e. The van der Waals surface area contributed by atoms with Gasteiger partial charge in [-0.3, -0.25) is 9.59 Å². The van der Waals surface area contributed by atoms with Crippen molar-refractivity contribution in [3.63, 3.8) is 0 Å². The number of aryl methyl sites for hydroxylation is 1. The van der Waals surface area contributed by atoms with Crippen LogP contribution in [-0.2, 0) is 6.54 Å². The summed E-state index contributed by atoms with van der Waals surface area (Å²) in [4.78, 5) is 25.3. The van der Waals surface area contributed by atoms with Crippen molar-refractivity contribution in [1.82, 2.24) is 15.2 Å².